The highest BCUT2D eigenvalue weighted by Crippen LogP contribution is 2.30. The molecule has 5 nitrogen and oxygen atoms in total. The van der Waals surface area contributed by atoms with Gasteiger partial charge in [-0.05, 0) is 55.0 Å². The van der Waals surface area contributed by atoms with E-state index in [2.05, 4.69) is 11.1 Å². The smallest absolute Gasteiger partial charge is 0.213 e. The normalized spacial score (nSPS) is 14.9. The lowest BCUT2D eigenvalue weighted by Crippen LogP contribution is -2.26. The zero-order valence-electron chi connectivity index (χ0n) is 16.7. The van der Waals surface area contributed by atoms with Gasteiger partial charge in [-0.2, -0.15) is 0 Å². The zero-order chi connectivity index (χ0) is 20.5. The van der Waals surface area contributed by atoms with Crippen LogP contribution in [0.4, 0.5) is 4.39 Å². The Bertz CT molecular complexity index is 1160. The van der Waals surface area contributed by atoms with Gasteiger partial charge in [0.25, 0.3) is 0 Å². The van der Waals surface area contributed by atoms with Gasteiger partial charge >= 0.3 is 0 Å². The number of nitrogens with zero attached hydrogens (tertiary/aromatic N) is 3. The van der Waals surface area contributed by atoms with Crippen molar-refractivity contribution < 1.29 is 13.9 Å². The predicted molar refractivity (Wildman–Crippen MR) is 113 cm³/mol. The van der Waals surface area contributed by atoms with Crippen LogP contribution in [0.1, 0.15) is 18.4 Å². The molecule has 0 amide bonds. The molecule has 1 fully saturated rings. The molecule has 4 aromatic rings. The van der Waals surface area contributed by atoms with Crippen LogP contribution in [0.15, 0.2) is 60.8 Å². The van der Waals surface area contributed by atoms with Crippen LogP contribution >= 0.6 is 0 Å². The van der Waals surface area contributed by atoms with Crippen molar-refractivity contribution >= 4 is 11.0 Å². The van der Waals surface area contributed by atoms with E-state index in [1.807, 2.05) is 35.8 Å². The van der Waals surface area contributed by atoms with Crippen LogP contribution in [0.3, 0.4) is 0 Å². The maximum absolute atomic E-state index is 13.5. The maximum atomic E-state index is 13.5. The molecule has 0 aliphatic carbocycles. The molecule has 2 aromatic heterocycles. The molecule has 0 radical (unpaired) electrons. The molecule has 1 aliphatic rings. The van der Waals surface area contributed by atoms with Crippen LogP contribution in [0.5, 0.6) is 5.88 Å². The first-order valence-electron chi connectivity index (χ1n) is 10.1. The van der Waals surface area contributed by atoms with Gasteiger partial charge in [0.2, 0.25) is 5.88 Å². The van der Waals surface area contributed by atoms with Gasteiger partial charge < -0.3 is 9.47 Å². The number of benzene rings is 2. The molecule has 6 heteroatoms. The molecule has 30 heavy (non-hydrogen) atoms. The number of hydrogen-bond donors (Lipinski definition) is 0. The predicted octanol–water partition coefficient (Wildman–Crippen LogP) is 5.09. The van der Waals surface area contributed by atoms with E-state index in [-0.39, 0.29) is 11.9 Å². The van der Waals surface area contributed by atoms with Gasteiger partial charge in [0, 0.05) is 36.4 Å². The SMILES string of the molecule is Cc1ccc2nc(-c3ccc(OC4CCOCC4)nc3)n(-c3ccc(F)cc3)c2c1. The Morgan fingerprint density at radius 1 is 1.03 bits per heavy atom. The van der Waals surface area contributed by atoms with Crippen LogP contribution in [0, 0.1) is 12.7 Å². The average molecular weight is 403 g/mol. The minimum absolute atomic E-state index is 0.142. The van der Waals surface area contributed by atoms with E-state index in [9.17, 15) is 4.39 Å². The molecule has 0 spiro atoms. The Kier molecular flexibility index (Phi) is 4.93. The Hall–Kier alpha value is -3.25. The number of halogens is 1. The van der Waals surface area contributed by atoms with E-state index in [4.69, 9.17) is 14.5 Å². The molecule has 152 valence electrons. The molecular weight excluding hydrogens is 381 g/mol. The van der Waals surface area contributed by atoms with Crippen LogP contribution in [-0.2, 0) is 4.74 Å². The fourth-order valence-corrected chi connectivity index (χ4v) is 3.78. The number of hydrogen-bond acceptors (Lipinski definition) is 4. The summed E-state index contributed by atoms with van der Waals surface area (Å²) in [5.41, 5.74) is 4.70. The second-order valence-corrected chi connectivity index (χ2v) is 7.55. The third-order valence-electron chi connectivity index (χ3n) is 5.35. The van der Waals surface area contributed by atoms with Crippen molar-refractivity contribution in [1.29, 1.82) is 0 Å². The number of rotatable bonds is 4. The van der Waals surface area contributed by atoms with Crippen molar-refractivity contribution in [3.63, 3.8) is 0 Å². The molecule has 1 saturated heterocycles. The van der Waals surface area contributed by atoms with E-state index in [0.29, 0.717) is 5.88 Å². The molecule has 0 unspecified atom stereocenters. The topological polar surface area (TPSA) is 49.2 Å². The van der Waals surface area contributed by atoms with Crippen LogP contribution in [-0.4, -0.2) is 33.9 Å². The van der Waals surface area contributed by atoms with Crippen molar-refractivity contribution in [2.45, 2.75) is 25.9 Å². The fourth-order valence-electron chi connectivity index (χ4n) is 3.78. The van der Waals surface area contributed by atoms with Gasteiger partial charge in [-0.1, -0.05) is 6.07 Å². The summed E-state index contributed by atoms with van der Waals surface area (Å²) in [6.45, 7) is 3.50. The molecule has 0 atom stereocenters. The molecule has 2 aromatic carbocycles. The number of ether oxygens (including phenoxy) is 2. The number of aryl methyl sites for hydroxylation is 1. The summed E-state index contributed by atoms with van der Waals surface area (Å²) in [7, 11) is 0. The van der Waals surface area contributed by atoms with Crippen LogP contribution < -0.4 is 4.74 Å². The summed E-state index contributed by atoms with van der Waals surface area (Å²) in [5.74, 6) is 1.09. The first-order valence-corrected chi connectivity index (χ1v) is 10.1. The third kappa shape index (κ3) is 3.66. The number of pyridine rings is 1. The van der Waals surface area contributed by atoms with Crippen molar-refractivity contribution in [3.05, 3.63) is 72.2 Å². The van der Waals surface area contributed by atoms with E-state index in [1.54, 1.807) is 18.3 Å². The lowest BCUT2D eigenvalue weighted by molar-refractivity contribution is 0.0237. The third-order valence-corrected chi connectivity index (χ3v) is 5.35. The Morgan fingerprint density at radius 2 is 1.83 bits per heavy atom. The summed E-state index contributed by atoms with van der Waals surface area (Å²) in [6, 6.07) is 16.4. The van der Waals surface area contributed by atoms with Gasteiger partial charge in [-0.25, -0.2) is 14.4 Å². The fraction of sp³-hybridized carbons (Fsp3) is 0.250. The second-order valence-electron chi connectivity index (χ2n) is 7.55. The monoisotopic (exact) mass is 403 g/mol. The van der Waals surface area contributed by atoms with E-state index in [0.717, 1.165) is 59.7 Å². The first-order chi connectivity index (χ1) is 14.7. The van der Waals surface area contributed by atoms with Gasteiger partial charge in [-0.15, -0.1) is 0 Å². The van der Waals surface area contributed by atoms with E-state index >= 15 is 0 Å². The molecule has 5 rings (SSSR count). The van der Waals surface area contributed by atoms with Crippen molar-refractivity contribution in [2.75, 3.05) is 13.2 Å². The van der Waals surface area contributed by atoms with Gasteiger partial charge in [-0.3, -0.25) is 4.57 Å². The zero-order valence-corrected chi connectivity index (χ0v) is 16.7. The molecule has 0 saturated carbocycles. The van der Waals surface area contributed by atoms with Crippen LogP contribution in [0.2, 0.25) is 0 Å². The summed E-state index contributed by atoms with van der Waals surface area (Å²) in [5, 5.41) is 0. The van der Waals surface area contributed by atoms with Gasteiger partial charge in [0.15, 0.2) is 0 Å². The highest BCUT2D eigenvalue weighted by atomic mass is 19.1. The lowest BCUT2D eigenvalue weighted by Gasteiger charge is -2.22. The first kappa shape index (κ1) is 18.8. The summed E-state index contributed by atoms with van der Waals surface area (Å²) < 4.78 is 26.9. The molecular formula is C24H22FN3O2. The Labute approximate surface area is 174 Å². The standard InChI is InChI=1S/C24H22FN3O2/c1-16-2-8-21-22(14-16)28(19-6-4-18(25)5-7-19)24(27-21)17-3-9-23(26-15-17)30-20-10-12-29-13-11-20/h2-9,14-15,20H,10-13H2,1H3. The minimum atomic E-state index is -0.266. The summed E-state index contributed by atoms with van der Waals surface area (Å²) in [4.78, 5) is 9.35. The van der Waals surface area contributed by atoms with Crippen LogP contribution in [0.25, 0.3) is 28.1 Å². The van der Waals surface area contributed by atoms with E-state index in [1.165, 1.54) is 12.1 Å². The van der Waals surface area contributed by atoms with Crippen molar-refractivity contribution in [2.24, 2.45) is 0 Å². The van der Waals surface area contributed by atoms with Crippen molar-refractivity contribution in [3.8, 4) is 23.0 Å². The Morgan fingerprint density at radius 3 is 2.57 bits per heavy atom. The quantitative estimate of drug-likeness (QED) is 0.476. The Balaban J connectivity index is 1.55. The van der Waals surface area contributed by atoms with Crippen molar-refractivity contribution in [1.82, 2.24) is 14.5 Å². The highest BCUT2D eigenvalue weighted by molar-refractivity contribution is 5.83. The number of aromatic nitrogens is 3. The summed E-state index contributed by atoms with van der Waals surface area (Å²) in [6.07, 6.45) is 3.68. The van der Waals surface area contributed by atoms with E-state index < -0.39 is 0 Å². The maximum Gasteiger partial charge on any atom is 0.213 e. The molecule has 1 aliphatic heterocycles. The average Bonchev–Trinajstić information content (AvgIpc) is 3.14. The molecule has 3 heterocycles. The molecule has 0 N–H and O–H groups in total. The lowest BCUT2D eigenvalue weighted by atomic mass is 10.1. The van der Waals surface area contributed by atoms with Gasteiger partial charge in [0.05, 0.1) is 24.2 Å². The number of fused-ring (bicyclic) bond motifs is 1. The largest absolute Gasteiger partial charge is 0.474 e. The van der Waals surface area contributed by atoms with Gasteiger partial charge in [0.1, 0.15) is 17.7 Å². The highest BCUT2D eigenvalue weighted by Gasteiger charge is 2.18. The second kappa shape index (κ2) is 7.88. The molecule has 0 bridgehead atoms. The minimum Gasteiger partial charge on any atom is -0.474 e. The summed E-state index contributed by atoms with van der Waals surface area (Å²) >= 11 is 0. The number of imidazole rings is 1.